The molecule has 27 heavy (non-hydrogen) atoms. The molecule has 0 aliphatic carbocycles. The third-order valence-corrected chi connectivity index (χ3v) is 4.94. The normalized spacial score (nSPS) is 14.6. The second-order valence-electron chi connectivity index (χ2n) is 6.57. The van der Waals surface area contributed by atoms with Gasteiger partial charge in [0.2, 0.25) is 5.91 Å². The van der Waals surface area contributed by atoms with Crippen molar-refractivity contribution in [1.29, 1.82) is 0 Å². The minimum Gasteiger partial charge on any atom is -0.469 e. The number of aromatic nitrogens is 2. The Morgan fingerprint density at radius 2 is 1.96 bits per heavy atom. The van der Waals surface area contributed by atoms with Gasteiger partial charge in [0.25, 0.3) is 5.91 Å². The predicted octanol–water partition coefficient (Wildman–Crippen LogP) is 2.14. The van der Waals surface area contributed by atoms with E-state index in [1.54, 1.807) is 15.7 Å². The number of fused-ring (bicyclic) bond motifs is 1. The smallest absolute Gasteiger partial charge is 0.266 e. The molecular formula is C20H20N4O3. The number of carbonyl (C=O) groups is 2. The van der Waals surface area contributed by atoms with Gasteiger partial charge in [0.1, 0.15) is 17.3 Å². The van der Waals surface area contributed by atoms with Crippen molar-refractivity contribution in [2.24, 2.45) is 5.73 Å². The van der Waals surface area contributed by atoms with Gasteiger partial charge in [-0.25, -0.2) is 4.98 Å². The summed E-state index contributed by atoms with van der Waals surface area (Å²) in [6.07, 6.45) is 3.40. The van der Waals surface area contributed by atoms with E-state index in [2.05, 4.69) is 4.98 Å². The first-order chi connectivity index (χ1) is 13.1. The van der Waals surface area contributed by atoms with Gasteiger partial charge in [-0.3, -0.25) is 9.59 Å². The van der Waals surface area contributed by atoms with Crippen molar-refractivity contribution in [2.75, 3.05) is 6.54 Å². The molecule has 0 unspecified atom stereocenters. The molecule has 1 atom stereocenters. The number of carbonyl (C=O) groups excluding carboxylic acids is 2. The average molecular weight is 364 g/mol. The summed E-state index contributed by atoms with van der Waals surface area (Å²) in [6.45, 7) is 1.39. The lowest BCUT2D eigenvalue weighted by atomic mass is 9.92. The van der Waals surface area contributed by atoms with Crippen molar-refractivity contribution in [3.8, 4) is 0 Å². The van der Waals surface area contributed by atoms with Gasteiger partial charge in [0, 0.05) is 19.5 Å². The largest absolute Gasteiger partial charge is 0.469 e. The zero-order valence-corrected chi connectivity index (χ0v) is 14.7. The molecule has 1 aliphatic heterocycles. The Morgan fingerprint density at radius 1 is 1.15 bits per heavy atom. The number of benzene rings is 1. The minimum atomic E-state index is -0.504. The molecule has 1 aliphatic rings. The lowest BCUT2D eigenvalue weighted by molar-refractivity contribution is -0.133. The first kappa shape index (κ1) is 17.1. The van der Waals surface area contributed by atoms with Crippen LogP contribution in [0.5, 0.6) is 0 Å². The van der Waals surface area contributed by atoms with E-state index < -0.39 is 5.91 Å². The van der Waals surface area contributed by atoms with E-state index in [0.29, 0.717) is 37.6 Å². The highest BCUT2D eigenvalue weighted by atomic mass is 16.3. The second kappa shape index (κ2) is 7.11. The van der Waals surface area contributed by atoms with E-state index in [1.807, 2.05) is 42.5 Å². The number of nitrogens with zero attached hydrogens (tertiary/aromatic N) is 3. The van der Waals surface area contributed by atoms with Crippen LogP contribution in [0.1, 0.15) is 40.0 Å². The fourth-order valence-electron chi connectivity index (χ4n) is 3.53. The van der Waals surface area contributed by atoms with Gasteiger partial charge in [-0.05, 0) is 17.7 Å². The van der Waals surface area contributed by atoms with Gasteiger partial charge >= 0.3 is 0 Å². The molecule has 3 heterocycles. The van der Waals surface area contributed by atoms with Crippen LogP contribution in [0, 0.1) is 0 Å². The van der Waals surface area contributed by atoms with Crippen LogP contribution >= 0.6 is 0 Å². The molecule has 2 aromatic heterocycles. The molecule has 0 saturated carbocycles. The minimum absolute atomic E-state index is 0.0233. The summed E-state index contributed by atoms with van der Waals surface area (Å²) < 4.78 is 7.37. The maximum absolute atomic E-state index is 13.0. The van der Waals surface area contributed by atoms with Crippen molar-refractivity contribution in [1.82, 2.24) is 14.5 Å². The van der Waals surface area contributed by atoms with E-state index in [1.165, 1.54) is 6.20 Å². The lowest BCUT2D eigenvalue weighted by Gasteiger charge is -2.29. The molecule has 7 nitrogen and oxygen atoms in total. The van der Waals surface area contributed by atoms with Crippen molar-refractivity contribution in [3.05, 3.63) is 77.8 Å². The van der Waals surface area contributed by atoms with Crippen LogP contribution in [0.15, 0.2) is 59.3 Å². The van der Waals surface area contributed by atoms with Crippen molar-refractivity contribution in [2.45, 2.75) is 25.4 Å². The van der Waals surface area contributed by atoms with E-state index in [9.17, 15) is 9.59 Å². The highest BCUT2D eigenvalue weighted by molar-refractivity contribution is 5.91. The summed E-state index contributed by atoms with van der Waals surface area (Å²) in [7, 11) is 0. The number of imidazole rings is 1. The van der Waals surface area contributed by atoms with Gasteiger partial charge < -0.3 is 19.6 Å². The van der Waals surface area contributed by atoms with E-state index in [0.717, 1.165) is 11.3 Å². The second-order valence-corrected chi connectivity index (χ2v) is 6.57. The molecule has 0 spiro atoms. The van der Waals surface area contributed by atoms with Gasteiger partial charge in [-0.2, -0.15) is 0 Å². The molecule has 138 valence electrons. The Bertz CT molecular complexity index is 947. The zero-order chi connectivity index (χ0) is 18.8. The quantitative estimate of drug-likeness (QED) is 0.750. The molecule has 7 heteroatoms. The average Bonchev–Trinajstić information content (AvgIpc) is 3.35. The van der Waals surface area contributed by atoms with Gasteiger partial charge in [-0.15, -0.1) is 0 Å². The molecule has 2 N–H and O–H groups in total. The van der Waals surface area contributed by atoms with Crippen molar-refractivity contribution >= 4 is 11.8 Å². The topological polar surface area (TPSA) is 94.4 Å². The number of amides is 2. The van der Waals surface area contributed by atoms with Crippen molar-refractivity contribution < 1.29 is 14.0 Å². The zero-order valence-electron chi connectivity index (χ0n) is 14.7. The maximum Gasteiger partial charge on any atom is 0.266 e. The Balaban J connectivity index is 1.53. The Morgan fingerprint density at radius 3 is 2.67 bits per heavy atom. The van der Waals surface area contributed by atoms with Crippen LogP contribution < -0.4 is 5.73 Å². The summed E-state index contributed by atoms with van der Waals surface area (Å²) >= 11 is 0. The molecule has 2 amide bonds. The Hall–Kier alpha value is -3.35. The third kappa shape index (κ3) is 3.36. The van der Waals surface area contributed by atoms with Crippen LogP contribution in [0.25, 0.3) is 0 Å². The van der Waals surface area contributed by atoms with Crippen LogP contribution in [0.3, 0.4) is 0 Å². The Kier molecular flexibility index (Phi) is 4.50. The van der Waals surface area contributed by atoms with Crippen LogP contribution in [0.2, 0.25) is 0 Å². The maximum atomic E-state index is 13.0. The molecule has 1 aromatic carbocycles. The summed E-state index contributed by atoms with van der Waals surface area (Å²) in [4.78, 5) is 30.5. The predicted molar refractivity (Wildman–Crippen MR) is 97.8 cm³/mol. The van der Waals surface area contributed by atoms with Crippen LogP contribution in [-0.2, 0) is 17.9 Å². The monoisotopic (exact) mass is 364 g/mol. The van der Waals surface area contributed by atoms with Crippen LogP contribution in [0.4, 0.5) is 0 Å². The number of rotatable bonds is 5. The molecule has 0 bridgehead atoms. The number of hydrogen-bond donors (Lipinski definition) is 1. The van der Waals surface area contributed by atoms with Gasteiger partial charge in [-0.1, -0.05) is 30.3 Å². The molecule has 0 radical (unpaired) electrons. The van der Waals surface area contributed by atoms with E-state index in [-0.39, 0.29) is 11.8 Å². The SMILES string of the molecule is NC(=O)c1cnc2n1CCN(C(=O)C[C@@H](c1ccccc1)c1ccco1)C2. The molecule has 0 saturated heterocycles. The van der Waals surface area contributed by atoms with Gasteiger partial charge in [0.05, 0.1) is 24.9 Å². The molecule has 4 rings (SSSR count). The van der Waals surface area contributed by atoms with Crippen molar-refractivity contribution in [3.63, 3.8) is 0 Å². The fourth-order valence-corrected chi connectivity index (χ4v) is 3.53. The molecular weight excluding hydrogens is 344 g/mol. The number of hydrogen-bond acceptors (Lipinski definition) is 4. The van der Waals surface area contributed by atoms with E-state index >= 15 is 0 Å². The third-order valence-electron chi connectivity index (χ3n) is 4.94. The number of nitrogens with two attached hydrogens (primary N) is 1. The summed E-state index contributed by atoms with van der Waals surface area (Å²) in [5, 5.41) is 0. The van der Waals surface area contributed by atoms with Gasteiger partial charge in [0.15, 0.2) is 0 Å². The Labute approximate surface area is 156 Å². The standard InChI is InChI=1S/C20H20N4O3/c21-20(26)16-12-22-18-13-23(8-9-24(16)18)19(25)11-15(17-7-4-10-27-17)14-5-2-1-3-6-14/h1-7,10,12,15H,8-9,11,13H2,(H2,21,26)/t15-/m0/s1. The summed E-state index contributed by atoms with van der Waals surface area (Å²) in [6, 6.07) is 13.6. The highest BCUT2D eigenvalue weighted by Gasteiger charge is 2.28. The number of primary amides is 1. The highest BCUT2D eigenvalue weighted by Crippen LogP contribution is 2.29. The first-order valence-electron chi connectivity index (χ1n) is 8.84. The number of furan rings is 1. The van der Waals surface area contributed by atoms with E-state index in [4.69, 9.17) is 10.2 Å². The summed E-state index contributed by atoms with van der Waals surface area (Å²) in [5.74, 6) is 0.823. The summed E-state index contributed by atoms with van der Waals surface area (Å²) in [5.41, 5.74) is 6.79. The first-order valence-corrected chi connectivity index (χ1v) is 8.84. The lowest BCUT2D eigenvalue weighted by Crippen LogP contribution is -2.40. The van der Waals surface area contributed by atoms with Crippen LogP contribution in [-0.4, -0.2) is 32.8 Å². The molecule has 0 fully saturated rings. The fraction of sp³-hybridized carbons (Fsp3) is 0.250. The molecule has 3 aromatic rings.